The van der Waals surface area contributed by atoms with Gasteiger partial charge in [-0.1, -0.05) is 13.8 Å². The second kappa shape index (κ2) is 10.5. The Morgan fingerprint density at radius 1 is 1.29 bits per heavy atom. The van der Waals surface area contributed by atoms with E-state index in [0.717, 1.165) is 16.7 Å². The van der Waals surface area contributed by atoms with Crippen LogP contribution in [0.15, 0.2) is 40.0 Å². The average molecular weight is 534 g/mol. The van der Waals surface area contributed by atoms with Crippen LogP contribution in [0.2, 0.25) is 0 Å². The van der Waals surface area contributed by atoms with E-state index in [9.17, 15) is 9.59 Å². The normalized spacial score (nSPS) is 24.8. The van der Waals surface area contributed by atoms with Crippen LogP contribution in [-0.4, -0.2) is 47.2 Å². The molecule has 3 aliphatic rings. The Labute approximate surface area is 207 Å². The first kappa shape index (κ1) is 24.8. The van der Waals surface area contributed by atoms with E-state index < -0.39 is 0 Å². The van der Waals surface area contributed by atoms with Crippen molar-refractivity contribution >= 4 is 27.5 Å². The molecule has 0 unspecified atom stereocenters. The highest BCUT2D eigenvalue weighted by Gasteiger charge is 2.57. The number of amides is 1. The molecule has 10 heteroatoms. The van der Waals surface area contributed by atoms with Gasteiger partial charge in [0.1, 0.15) is 17.8 Å². The SMILES string of the molecule is COCOC[C@@H]1[C@H]2C[C@@H](C[C@H]1Nc1cnn(CC(=O)NCc3ccncc3)c(=O)c1Br)C2(C)C. The third kappa shape index (κ3) is 5.18. The number of anilines is 1. The molecular formula is C24H32BrN5O4. The largest absolute Gasteiger partial charge is 0.380 e. The number of aromatic nitrogens is 3. The highest BCUT2D eigenvalue weighted by Crippen LogP contribution is 2.61. The highest BCUT2D eigenvalue weighted by atomic mass is 79.9. The van der Waals surface area contributed by atoms with Crippen molar-refractivity contribution in [2.45, 2.75) is 45.8 Å². The summed E-state index contributed by atoms with van der Waals surface area (Å²) in [5, 5.41) is 10.6. The van der Waals surface area contributed by atoms with Gasteiger partial charge in [-0.15, -0.1) is 0 Å². The van der Waals surface area contributed by atoms with Crippen LogP contribution in [0.5, 0.6) is 0 Å². The minimum absolute atomic E-state index is 0.155. The molecule has 34 heavy (non-hydrogen) atoms. The fraction of sp³-hybridized carbons (Fsp3) is 0.583. The number of carbonyl (C=O) groups is 1. The summed E-state index contributed by atoms with van der Waals surface area (Å²) < 4.78 is 12.4. The van der Waals surface area contributed by atoms with Crippen LogP contribution in [0.25, 0.3) is 0 Å². The average Bonchev–Trinajstić information content (AvgIpc) is 2.83. The van der Waals surface area contributed by atoms with E-state index in [-0.39, 0.29) is 30.8 Å². The number of rotatable bonds is 10. The number of ether oxygens (including phenoxy) is 2. The van der Waals surface area contributed by atoms with E-state index in [1.807, 2.05) is 12.1 Å². The molecule has 0 aromatic carbocycles. The summed E-state index contributed by atoms with van der Waals surface area (Å²) >= 11 is 3.43. The molecule has 2 aromatic heterocycles. The van der Waals surface area contributed by atoms with E-state index in [4.69, 9.17) is 9.47 Å². The lowest BCUT2D eigenvalue weighted by molar-refractivity contribution is -0.143. The maximum Gasteiger partial charge on any atom is 0.283 e. The molecule has 0 spiro atoms. The maximum atomic E-state index is 12.9. The third-order valence-electron chi connectivity index (χ3n) is 7.49. The van der Waals surface area contributed by atoms with Crippen molar-refractivity contribution in [3.05, 3.63) is 51.1 Å². The summed E-state index contributed by atoms with van der Waals surface area (Å²) in [5.41, 5.74) is 1.51. The second-order valence-electron chi connectivity index (χ2n) is 9.76. The molecule has 5 rings (SSSR count). The van der Waals surface area contributed by atoms with E-state index in [1.54, 1.807) is 25.7 Å². The maximum absolute atomic E-state index is 12.9. The van der Waals surface area contributed by atoms with Crippen LogP contribution in [0.4, 0.5) is 5.69 Å². The third-order valence-corrected chi connectivity index (χ3v) is 8.25. The van der Waals surface area contributed by atoms with Gasteiger partial charge in [-0.3, -0.25) is 14.6 Å². The molecule has 3 aliphatic carbocycles. The van der Waals surface area contributed by atoms with Crippen LogP contribution in [0, 0.1) is 23.2 Å². The Hall–Kier alpha value is -2.30. The van der Waals surface area contributed by atoms with E-state index in [0.29, 0.717) is 46.5 Å². The minimum Gasteiger partial charge on any atom is -0.380 e. The van der Waals surface area contributed by atoms with Crippen LogP contribution in [-0.2, 0) is 27.4 Å². The quantitative estimate of drug-likeness (QED) is 0.357. The molecule has 3 fully saturated rings. The Morgan fingerprint density at radius 3 is 2.76 bits per heavy atom. The molecule has 9 nitrogen and oxygen atoms in total. The first-order valence-electron chi connectivity index (χ1n) is 11.6. The fourth-order valence-corrected chi connectivity index (χ4v) is 5.80. The molecule has 2 bridgehead atoms. The molecular weight excluding hydrogens is 502 g/mol. The number of pyridine rings is 1. The summed E-state index contributed by atoms with van der Waals surface area (Å²) in [5.74, 6) is 1.22. The van der Waals surface area contributed by atoms with Gasteiger partial charge in [0.25, 0.3) is 5.56 Å². The van der Waals surface area contributed by atoms with Gasteiger partial charge in [0.05, 0.1) is 18.5 Å². The van der Waals surface area contributed by atoms with Crippen LogP contribution in [0.3, 0.4) is 0 Å². The number of hydrogen-bond donors (Lipinski definition) is 2. The monoisotopic (exact) mass is 533 g/mol. The van der Waals surface area contributed by atoms with Crippen LogP contribution >= 0.6 is 15.9 Å². The molecule has 184 valence electrons. The van der Waals surface area contributed by atoms with Crippen LogP contribution < -0.4 is 16.2 Å². The predicted molar refractivity (Wildman–Crippen MR) is 131 cm³/mol. The van der Waals surface area contributed by atoms with Gasteiger partial charge in [0.15, 0.2) is 0 Å². The second-order valence-corrected chi connectivity index (χ2v) is 10.5. The van der Waals surface area contributed by atoms with Gasteiger partial charge in [-0.25, -0.2) is 4.68 Å². The Bertz CT molecular complexity index is 1060. The number of nitrogens with zero attached hydrogens (tertiary/aromatic N) is 3. The van der Waals surface area contributed by atoms with Crippen molar-refractivity contribution in [1.29, 1.82) is 0 Å². The Balaban J connectivity index is 1.41. The molecule has 2 aromatic rings. The van der Waals surface area contributed by atoms with Gasteiger partial charge in [-0.05, 0) is 63.7 Å². The molecule has 2 N–H and O–H groups in total. The summed E-state index contributed by atoms with van der Waals surface area (Å²) in [7, 11) is 1.62. The summed E-state index contributed by atoms with van der Waals surface area (Å²) in [4.78, 5) is 29.2. The summed E-state index contributed by atoms with van der Waals surface area (Å²) in [6, 6.07) is 3.82. The molecule has 0 saturated heterocycles. The Kier molecular flexibility index (Phi) is 7.69. The van der Waals surface area contributed by atoms with E-state index in [1.165, 1.54) is 6.42 Å². The lowest BCUT2D eigenvalue weighted by Gasteiger charge is -2.62. The number of methoxy groups -OCH3 is 1. The summed E-state index contributed by atoms with van der Waals surface area (Å²) in [6.07, 6.45) is 7.17. The zero-order chi connectivity index (χ0) is 24.3. The van der Waals surface area contributed by atoms with Crippen molar-refractivity contribution in [1.82, 2.24) is 20.1 Å². The predicted octanol–water partition coefficient (Wildman–Crippen LogP) is 2.80. The van der Waals surface area contributed by atoms with Crippen LogP contribution in [0.1, 0.15) is 32.3 Å². The highest BCUT2D eigenvalue weighted by molar-refractivity contribution is 9.10. The zero-order valence-corrected chi connectivity index (χ0v) is 21.4. The van der Waals surface area contributed by atoms with Crippen molar-refractivity contribution < 1.29 is 14.3 Å². The molecule has 0 radical (unpaired) electrons. The first-order chi connectivity index (χ1) is 16.3. The number of carbonyl (C=O) groups excluding carboxylic acids is 1. The Morgan fingerprint density at radius 2 is 2.06 bits per heavy atom. The van der Waals surface area contributed by atoms with E-state index >= 15 is 0 Å². The number of nitrogens with one attached hydrogen (secondary N) is 2. The fourth-order valence-electron chi connectivity index (χ4n) is 5.38. The molecule has 4 atom stereocenters. The molecule has 2 heterocycles. The molecule has 0 aliphatic heterocycles. The van der Waals surface area contributed by atoms with Crippen molar-refractivity contribution in [2.75, 3.05) is 25.8 Å². The standard InChI is InChI=1S/C24H32BrN5O4/c1-24(2)16-8-18(24)17(13-34-14-33-3)19(9-16)29-20-11-28-30(23(32)22(20)25)12-21(31)27-10-15-4-6-26-7-5-15/h4-7,11,16-19,29H,8-10,12-14H2,1-3H3,(H,27,31)/t16-,17+,18+,19+/m0/s1. The van der Waals surface area contributed by atoms with E-state index in [2.05, 4.69) is 50.5 Å². The van der Waals surface area contributed by atoms with Crippen molar-refractivity contribution in [3.8, 4) is 0 Å². The zero-order valence-electron chi connectivity index (χ0n) is 19.8. The van der Waals surface area contributed by atoms with Crippen molar-refractivity contribution in [3.63, 3.8) is 0 Å². The lowest BCUT2D eigenvalue weighted by Crippen LogP contribution is -2.60. The van der Waals surface area contributed by atoms with Gasteiger partial charge < -0.3 is 20.1 Å². The minimum atomic E-state index is -0.349. The van der Waals surface area contributed by atoms with Crippen molar-refractivity contribution in [2.24, 2.45) is 23.2 Å². The molecule has 3 saturated carbocycles. The topological polar surface area (TPSA) is 107 Å². The first-order valence-corrected chi connectivity index (χ1v) is 12.3. The molecule has 1 amide bonds. The van der Waals surface area contributed by atoms with Gasteiger partial charge >= 0.3 is 0 Å². The lowest BCUT2D eigenvalue weighted by atomic mass is 9.44. The van der Waals surface area contributed by atoms with Gasteiger partial charge in [-0.2, -0.15) is 5.10 Å². The smallest absolute Gasteiger partial charge is 0.283 e. The van der Waals surface area contributed by atoms with Gasteiger partial charge in [0.2, 0.25) is 5.91 Å². The number of fused-ring (bicyclic) bond motifs is 2. The number of halogens is 1. The van der Waals surface area contributed by atoms with Gasteiger partial charge in [0, 0.05) is 38.0 Å². The number of hydrogen-bond acceptors (Lipinski definition) is 7. The summed E-state index contributed by atoms with van der Waals surface area (Å²) in [6.45, 7) is 5.76.